The summed E-state index contributed by atoms with van der Waals surface area (Å²) in [6, 6.07) is 9.15. The molecule has 0 bridgehead atoms. The molecule has 2 aliphatic heterocycles. The normalized spacial score (nSPS) is 21.6. The maximum absolute atomic E-state index is 13.7. The molecule has 1 amide bonds. The first-order chi connectivity index (χ1) is 18.8. The number of halogens is 2. The molecule has 39 heavy (non-hydrogen) atoms. The molecule has 1 aromatic heterocycles. The molecule has 9 nitrogen and oxygen atoms in total. The molecule has 3 heterocycles. The molecule has 1 unspecified atom stereocenters. The minimum absolute atomic E-state index is 0.00717. The van der Waals surface area contributed by atoms with E-state index >= 15 is 0 Å². The Kier molecular flexibility index (Phi) is 7.05. The van der Waals surface area contributed by atoms with Gasteiger partial charge >= 0.3 is 5.69 Å². The summed E-state index contributed by atoms with van der Waals surface area (Å²) < 4.78 is 26.8. The number of amides is 1. The topological polar surface area (TPSA) is 106 Å². The van der Waals surface area contributed by atoms with Gasteiger partial charge in [0.2, 0.25) is 0 Å². The van der Waals surface area contributed by atoms with Crippen LogP contribution >= 0.6 is 11.6 Å². The van der Waals surface area contributed by atoms with Crippen LogP contribution < -0.4 is 16.6 Å². The Bertz CT molecular complexity index is 1520. The highest BCUT2D eigenvalue weighted by Crippen LogP contribution is 2.38. The number of ether oxygens (including phenoxy) is 2. The van der Waals surface area contributed by atoms with Gasteiger partial charge in [-0.05, 0) is 55.2 Å². The van der Waals surface area contributed by atoms with E-state index in [4.69, 9.17) is 21.1 Å². The van der Waals surface area contributed by atoms with Crippen LogP contribution in [-0.2, 0) is 16.0 Å². The van der Waals surface area contributed by atoms with Crippen LogP contribution in [0, 0.1) is 5.82 Å². The number of hydrogen-bond acceptors (Lipinski definition) is 6. The van der Waals surface area contributed by atoms with Crippen molar-refractivity contribution < 1.29 is 18.7 Å². The summed E-state index contributed by atoms with van der Waals surface area (Å²) in [5.74, 6) is -1.22. The second-order valence-corrected chi connectivity index (χ2v) is 11.0. The van der Waals surface area contributed by atoms with Gasteiger partial charge in [0.1, 0.15) is 5.82 Å². The van der Waals surface area contributed by atoms with Crippen molar-refractivity contribution in [1.29, 1.82) is 0 Å². The number of aromatic amines is 1. The third kappa shape index (κ3) is 5.26. The summed E-state index contributed by atoms with van der Waals surface area (Å²) in [6.45, 7) is 3.11. The van der Waals surface area contributed by atoms with Crippen molar-refractivity contribution in [3.8, 4) is 0 Å². The Labute approximate surface area is 228 Å². The van der Waals surface area contributed by atoms with Crippen molar-refractivity contribution in [2.24, 2.45) is 0 Å². The average molecular weight is 557 g/mol. The van der Waals surface area contributed by atoms with Crippen molar-refractivity contribution in [2.75, 3.05) is 26.3 Å². The molecule has 11 heteroatoms. The Hall–Kier alpha value is -3.05. The monoisotopic (exact) mass is 556 g/mol. The first-order valence-electron chi connectivity index (χ1n) is 13.3. The molecule has 1 aliphatic carbocycles. The van der Waals surface area contributed by atoms with Crippen molar-refractivity contribution in [3.63, 3.8) is 0 Å². The van der Waals surface area contributed by atoms with E-state index in [9.17, 15) is 18.8 Å². The zero-order chi connectivity index (χ0) is 27.1. The van der Waals surface area contributed by atoms with E-state index in [0.29, 0.717) is 40.9 Å². The van der Waals surface area contributed by atoms with Crippen molar-refractivity contribution in [2.45, 2.75) is 56.5 Å². The van der Waals surface area contributed by atoms with E-state index in [1.54, 1.807) is 18.2 Å². The summed E-state index contributed by atoms with van der Waals surface area (Å²) >= 11 is 6.40. The first kappa shape index (κ1) is 26.2. The third-order valence-electron chi connectivity index (χ3n) is 8.18. The number of rotatable bonds is 5. The lowest BCUT2D eigenvalue weighted by Crippen LogP contribution is -2.45. The quantitative estimate of drug-likeness (QED) is 0.500. The van der Waals surface area contributed by atoms with Crippen LogP contribution in [-0.4, -0.2) is 64.5 Å². The van der Waals surface area contributed by atoms with Gasteiger partial charge in [0, 0.05) is 38.0 Å². The smallest absolute Gasteiger partial charge is 0.329 e. The van der Waals surface area contributed by atoms with Crippen LogP contribution in [0.5, 0.6) is 0 Å². The van der Waals surface area contributed by atoms with E-state index in [0.717, 1.165) is 51.3 Å². The van der Waals surface area contributed by atoms with Gasteiger partial charge < -0.3 is 14.8 Å². The molecule has 206 valence electrons. The summed E-state index contributed by atoms with van der Waals surface area (Å²) in [5.41, 5.74) is -0.0106. The highest BCUT2D eigenvalue weighted by Gasteiger charge is 2.42. The second-order valence-electron chi connectivity index (χ2n) is 10.6. The van der Waals surface area contributed by atoms with Gasteiger partial charge in [-0.1, -0.05) is 17.7 Å². The standard InChI is InChI=1S/C28H30ClFN4O5/c29-23-3-1-17(15-34-24-4-2-18(30)14-22(24)26(36)32-27(34)37)13-21(23)25(35)31-19-7-10-33(16-19)20-5-8-28(9-6-20)38-11-12-39-28/h1-4,13-14,19-20H,5-12,15-16H2,(H,31,35)(H,32,36,37). The highest BCUT2D eigenvalue weighted by molar-refractivity contribution is 6.33. The van der Waals surface area contributed by atoms with E-state index in [1.165, 1.54) is 16.7 Å². The number of nitrogens with one attached hydrogen (secondary N) is 2. The zero-order valence-corrected chi connectivity index (χ0v) is 22.1. The van der Waals surface area contributed by atoms with Gasteiger partial charge in [-0.3, -0.25) is 24.0 Å². The molecular formula is C28H30ClFN4O5. The van der Waals surface area contributed by atoms with Crippen molar-refractivity contribution in [3.05, 3.63) is 79.2 Å². The molecular weight excluding hydrogens is 527 g/mol. The Morgan fingerprint density at radius 1 is 1.10 bits per heavy atom. The lowest BCUT2D eigenvalue weighted by molar-refractivity contribution is -0.183. The van der Waals surface area contributed by atoms with Gasteiger partial charge in [-0.2, -0.15) is 0 Å². The van der Waals surface area contributed by atoms with Gasteiger partial charge in [-0.25, -0.2) is 9.18 Å². The molecule has 3 aliphatic rings. The molecule has 1 spiro atoms. The average Bonchev–Trinajstić information content (AvgIpc) is 3.58. The molecule has 2 aromatic carbocycles. The Balaban J connectivity index is 1.13. The SMILES string of the molecule is O=C(NC1CCN(C2CCC3(CC2)OCCO3)C1)c1cc(Cn2c(=O)[nH]c(=O)c3cc(F)ccc32)ccc1Cl. The number of carbonyl (C=O) groups is 1. The third-order valence-corrected chi connectivity index (χ3v) is 8.51. The van der Waals surface area contributed by atoms with Gasteiger partial charge in [0.25, 0.3) is 11.5 Å². The fourth-order valence-corrected chi connectivity index (χ4v) is 6.35. The lowest BCUT2D eigenvalue weighted by Gasteiger charge is -2.39. The molecule has 2 saturated heterocycles. The molecule has 0 radical (unpaired) electrons. The maximum Gasteiger partial charge on any atom is 0.329 e. The number of likely N-dealkylation sites (tertiary alicyclic amines) is 1. The van der Waals surface area contributed by atoms with Crippen LogP contribution in [0.1, 0.15) is 48.0 Å². The molecule has 1 saturated carbocycles. The predicted octanol–water partition coefficient (Wildman–Crippen LogP) is 3.02. The van der Waals surface area contributed by atoms with Crippen LogP contribution in [0.15, 0.2) is 46.0 Å². The summed E-state index contributed by atoms with van der Waals surface area (Å²) in [4.78, 5) is 42.7. The number of aromatic nitrogens is 2. The number of benzene rings is 2. The lowest BCUT2D eigenvalue weighted by atomic mass is 9.89. The Morgan fingerprint density at radius 3 is 2.64 bits per heavy atom. The van der Waals surface area contributed by atoms with Crippen LogP contribution in [0.3, 0.4) is 0 Å². The molecule has 3 fully saturated rings. The summed E-state index contributed by atoms with van der Waals surface area (Å²) in [7, 11) is 0. The zero-order valence-electron chi connectivity index (χ0n) is 21.4. The number of hydrogen-bond donors (Lipinski definition) is 2. The van der Waals surface area contributed by atoms with Crippen LogP contribution in [0.4, 0.5) is 4.39 Å². The first-order valence-corrected chi connectivity index (χ1v) is 13.7. The van der Waals surface area contributed by atoms with Gasteiger partial charge in [-0.15, -0.1) is 0 Å². The van der Waals surface area contributed by atoms with E-state index in [1.807, 2.05) is 0 Å². The van der Waals surface area contributed by atoms with Gasteiger partial charge in [0.15, 0.2) is 5.79 Å². The highest BCUT2D eigenvalue weighted by atomic mass is 35.5. The molecule has 3 aromatic rings. The number of carbonyl (C=O) groups excluding carboxylic acids is 1. The van der Waals surface area contributed by atoms with Crippen molar-refractivity contribution >= 4 is 28.4 Å². The Morgan fingerprint density at radius 2 is 1.87 bits per heavy atom. The van der Waals surface area contributed by atoms with E-state index in [2.05, 4.69) is 15.2 Å². The molecule has 1 atom stereocenters. The minimum Gasteiger partial charge on any atom is -0.348 e. The maximum atomic E-state index is 13.7. The molecule has 2 N–H and O–H groups in total. The van der Waals surface area contributed by atoms with Gasteiger partial charge in [0.05, 0.1) is 41.2 Å². The minimum atomic E-state index is -0.652. The fraction of sp³-hybridized carbons (Fsp3) is 0.464. The largest absolute Gasteiger partial charge is 0.348 e. The van der Waals surface area contributed by atoms with E-state index < -0.39 is 17.1 Å². The molecule has 6 rings (SSSR count). The van der Waals surface area contributed by atoms with E-state index in [-0.39, 0.29) is 29.7 Å². The number of H-pyrrole nitrogens is 1. The number of fused-ring (bicyclic) bond motifs is 1. The summed E-state index contributed by atoms with van der Waals surface area (Å²) in [5, 5.41) is 3.51. The predicted molar refractivity (Wildman–Crippen MR) is 144 cm³/mol. The summed E-state index contributed by atoms with van der Waals surface area (Å²) in [6.07, 6.45) is 4.68. The van der Waals surface area contributed by atoms with Crippen LogP contribution in [0.25, 0.3) is 10.9 Å². The van der Waals surface area contributed by atoms with Crippen LogP contribution in [0.2, 0.25) is 5.02 Å². The number of nitrogens with zero attached hydrogens (tertiary/aromatic N) is 2. The fourth-order valence-electron chi connectivity index (χ4n) is 6.14. The second kappa shape index (κ2) is 10.5. The van der Waals surface area contributed by atoms with Crippen molar-refractivity contribution in [1.82, 2.24) is 19.8 Å².